The maximum Gasteiger partial charge on any atom is 0.113 e. The van der Waals surface area contributed by atoms with Gasteiger partial charge in [0.25, 0.3) is 0 Å². The van der Waals surface area contributed by atoms with E-state index in [1.54, 1.807) is 5.12 Å². The van der Waals surface area contributed by atoms with E-state index >= 15 is 0 Å². The van der Waals surface area contributed by atoms with Gasteiger partial charge in [-0.15, -0.1) is 5.12 Å². The molecule has 4 rings (SSSR count). The molecule has 0 radical (unpaired) electrons. The van der Waals surface area contributed by atoms with Crippen molar-refractivity contribution >= 4 is 0 Å². The molecule has 7 heteroatoms. The zero-order chi connectivity index (χ0) is 11.4. The molecule has 17 heavy (non-hydrogen) atoms. The molecule has 0 bridgehead atoms. The number of fused-ring (bicyclic) bond motifs is 4. The van der Waals surface area contributed by atoms with Gasteiger partial charge in [0.1, 0.15) is 6.17 Å². The Labute approximate surface area is 100 Å². The second-order valence-corrected chi connectivity index (χ2v) is 5.15. The van der Waals surface area contributed by atoms with Crippen molar-refractivity contribution in [2.45, 2.75) is 37.9 Å². The lowest BCUT2D eigenvalue weighted by molar-refractivity contribution is -0.240. The summed E-state index contributed by atoms with van der Waals surface area (Å²) >= 11 is 0. The topological polar surface area (TPSA) is 60.1 Å². The van der Waals surface area contributed by atoms with Crippen molar-refractivity contribution in [1.82, 2.24) is 31.5 Å². The van der Waals surface area contributed by atoms with Crippen LogP contribution in [0.4, 0.5) is 0 Å². The molecule has 2 N–H and O–H groups in total. The molecule has 0 aromatic rings. The molecule has 1 aliphatic carbocycles. The van der Waals surface area contributed by atoms with Crippen LogP contribution in [0.3, 0.4) is 0 Å². The molecule has 3 atom stereocenters. The van der Waals surface area contributed by atoms with Crippen LogP contribution in [0.1, 0.15) is 25.7 Å². The quantitative estimate of drug-likeness (QED) is 0.609. The summed E-state index contributed by atoms with van der Waals surface area (Å²) in [4.78, 5) is 0. The molecule has 4 aliphatic rings. The summed E-state index contributed by atoms with van der Waals surface area (Å²) in [6, 6.07) is 0.138. The molecule has 0 spiro atoms. The second-order valence-electron chi connectivity index (χ2n) is 5.15. The molecule has 2 saturated heterocycles. The molecule has 1 saturated carbocycles. The van der Waals surface area contributed by atoms with E-state index in [0.29, 0.717) is 5.92 Å². The second kappa shape index (κ2) is 3.64. The molecule has 3 fully saturated rings. The molecule has 0 aromatic heterocycles. The van der Waals surface area contributed by atoms with Gasteiger partial charge in [-0.2, -0.15) is 16.1 Å². The van der Waals surface area contributed by atoms with Gasteiger partial charge in [-0.3, -0.25) is 5.17 Å². The molecule has 0 amide bonds. The third-order valence-corrected chi connectivity index (χ3v) is 4.21. The van der Waals surface area contributed by atoms with Crippen LogP contribution >= 0.6 is 0 Å². The van der Waals surface area contributed by atoms with E-state index < -0.39 is 0 Å². The minimum absolute atomic E-state index is 0.0804. The Morgan fingerprint density at radius 3 is 3.06 bits per heavy atom. The lowest BCUT2D eigenvalue weighted by Crippen LogP contribution is -2.71. The summed E-state index contributed by atoms with van der Waals surface area (Å²) in [7, 11) is 0. The van der Waals surface area contributed by atoms with Gasteiger partial charge in [0, 0.05) is 18.2 Å². The molecule has 7 nitrogen and oxygen atoms in total. The first-order chi connectivity index (χ1) is 8.34. The van der Waals surface area contributed by atoms with Crippen LogP contribution in [0.25, 0.3) is 0 Å². The van der Waals surface area contributed by atoms with E-state index in [1.165, 1.54) is 12.8 Å². The number of nitrogens with zero attached hydrogens (tertiary/aromatic N) is 4. The van der Waals surface area contributed by atoms with Crippen molar-refractivity contribution in [2.24, 2.45) is 5.92 Å². The fraction of sp³-hybridized carbons (Fsp3) is 0.800. The van der Waals surface area contributed by atoms with Crippen LogP contribution < -0.4 is 11.0 Å². The average molecular weight is 237 g/mol. The fourth-order valence-corrected chi connectivity index (χ4v) is 3.37. The summed E-state index contributed by atoms with van der Waals surface area (Å²) in [5, 5.41) is 18.9. The van der Waals surface area contributed by atoms with Crippen LogP contribution in [0.2, 0.25) is 0 Å². The van der Waals surface area contributed by atoms with Gasteiger partial charge in [0.15, 0.2) is 0 Å². The highest BCUT2D eigenvalue weighted by atomic mass is 16.6. The minimum Gasteiger partial charge on any atom is -0.770 e. The zero-order valence-electron chi connectivity index (χ0n) is 9.62. The first kappa shape index (κ1) is 10.2. The molecule has 94 valence electrons. The summed E-state index contributed by atoms with van der Waals surface area (Å²) < 4.78 is 0. The van der Waals surface area contributed by atoms with Crippen LogP contribution in [-0.2, 0) is 0 Å². The van der Waals surface area contributed by atoms with Crippen molar-refractivity contribution in [3.8, 4) is 0 Å². The molecule has 3 unspecified atom stereocenters. The third-order valence-electron chi connectivity index (χ3n) is 4.21. The number of rotatable bonds is 0. The Bertz CT molecular complexity index is 350. The predicted molar refractivity (Wildman–Crippen MR) is 60.5 cm³/mol. The Balaban J connectivity index is 1.61. The number of nitrogens with one attached hydrogen (secondary N) is 2. The first-order valence-electron chi connectivity index (χ1n) is 6.36. The highest BCUT2D eigenvalue weighted by Crippen LogP contribution is 2.39. The third kappa shape index (κ3) is 1.38. The van der Waals surface area contributed by atoms with Crippen LogP contribution in [-0.4, -0.2) is 39.3 Å². The van der Waals surface area contributed by atoms with E-state index in [0.717, 1.165) is 24.6 Å². The van der Waals surface area contributed by atoms with Gasteiger partial charge >= 0.3 is 0 Å². The summed E-state index contributed by atoms with van der Waals surface area (Å²) in [6.45, 7) is 0.777. The molecule has 3 aliphatic heterocycles. The van der Waals surface area contributed by atoms with Crippen LogP contribution in [0.5, 0.6) is 0 Å². The Kier molecular flexibility index (Phi) is 2.20. The van der Waals surface area contributed by atoms with Gasteiger partial charge in [0.05, 0.1) is 6.54 Å². The monoisotopic (exact) mass is 237 g/mol. The highest BCUT2D eigenvalue weighted by molar-refractivity contribution is 4.98. The number of hydrogen-bond donors (Lipinski definition) is 2. The zero-order valence-corrected chi connectivity index (χ0v) is 9.62. The van der Waals surface area contributed by atoms with Crippen molar-refractivity contribution in [3.05, 3.63) is 17.5 Å². The van der Waals surface area contributed by atoms with Crippen LogP contribution in [0.15, 0.2) is 12.3 Å². The maximum absolute atomic E-state index is 12.2. The van der Waals surface area contributed by atoms with Crippen molar-refractivity contribution in [2.75, 3.05) is 6.54 Å². The van der Waals surface area contributed by atoms with E-state index in [4.69, 9.17) is 0 Å². The highest BCUT2D eigenvalue weighted by Gasteiger charge is 2.48. The van der Waals surface area contributed by atoms with Gasteiger partial charge in [-0.25, -0.2) is 5.12 Å². The summed E-state index contributed by atoms with van der Waals surface area (Å²) in [5.74, 6) is 0.421. The predicted octanol–water partition coefficient (Wildman–Crippen LogP) is -0.114. The molecular formula is C10H17N6O-. The van der Waals surface area contributed by atoms with Crippen molar-refractivity contribution < 1.29 is 0 Å². The standard InChI is InChI=1S/C10H17N6O/c17-16-9-5-2-1-4-8(9)10-11-13-6-3-7-14(13)12-15(10)16/h3,6,8-12H,1-2,4-5,7H2/q-1. The maximum atomic E-state index is 12.2. The van der Waals surface area contributed by atoms with E-state index in [2.05, 4.69) is 17.0 Å². The van der Waals surface area contributed by atoms with Gasteiger partial charge in [0.2, 0.25) is 0 Å². The Hall–Kier alpha value is -0.700. The summed E-state index contributed by atoms with van der Waals surface area (Å²) in [6.07, 6.45) is 8.69. The fourth-order valence-electron chi connectivity index (χ4n) is 3.37. The summed E-state index contributed by atoms with van der Waals surface area (Å²) in [5.41, 5.74) is 6.57. The SMILES string of the molecule is [O-]N1C2CCCCC2C2NN3C=CCN3NN21. The van der Waals surface area contributed by atoms with Crippen LogP contribution in [0, 0.1) is 11.1 Å². The van der Waals surface area contributed by atoms with Crippen molar-refractivity contribution in [1.29, 1.82) is 0 Å². The van der Waals surface area contributed by atoms with Crippen molar-refractivity contribution in [3.63, 3.8) is 0 Å². The van der Waals surface area contributed by atoms with Gasteiger partial charge in [-0.1, -0.05) is 12.8 Å². The van der Waals surface area contributed by atoms with Gasteiger partial charge in [-0.05, 0) is 18.9 Å². The molecular weight excluding hydrogens is 220 g/mol. The minimum atomic E-state index is 0.0804. The largest absolute Gasteiger partial charge is 0.770 e. The number of hydrogen-bond acceptors (Lipinski definition) is 7. The number of hydroxylamine groups is 1. The first-order valence-corrected chi connectivity index (χ1v) is 6.36. The Morgan fingerprint density at radius 1 is 1.24 bits per heavy atom. The lowest BCUT2D eigenvalue weighted by Gasteiger charge is -2.48. The normalized spacial score (nSPS) is 42.6. The number of hydrazine groups is 5. The average Bonchev–Trinajstić information content (AvgIpc) is 2.92. The lowest BCUT2D eigenvalue weighted by atomic mass is 9.84. The smallest absolute Gasteiger partial charge is 0.113 e. The van der Waals surface area contributed by atoms with E-state index in [1.807, 2.05) is 16.4 Å². The molecule has 3 heterocycles. The molecule has 0 aromatic carbocycles. The van der Waals surface area contributed by atoms with E-state index in [-0.39, 0.29) is 12.2 Å². The Morgan fingerprint density at radius 2 is 2.12 bits per heavy atom. The van der Waals surface area contributed by atoms with Gasteiger partial charge < -0.3 is 5.21 Å². The van der Waals surface area contributed by atoms with E-state index in [9.17, 15) is 5.21 Å².